The zero-order valence-corrected chi connectivity index (χ0v) is 14.5. The second-order valence-corrected chi connectivity index (χ2v) is 6.42. The van der Waals surface area contributed by atoms with Crippen LogP contribution in [-0.2, 0) is 11.0 Å². The van der Waals surface area contributed by atoms with E-state index in [9.17, 15) is 18.0 Å². The Morgan fingerprint density at radius 1 is 1.19 bits per heavy atom. The van der Waals surface area contributed by atoms with Gasteiger partial charge in [-0.15, -0.1) is 0 Å². The van der Waals surface area contributed by atoms with E-state index in [4.69, 9.17) is 5.11 Å². The molecule has 3 aliphatic rings. The fourth-order valence-electron chi connectivity index (χ4n) is 2.75. The van der Waals surface area contributed by atoms with Gasteiger partial charge in [0.1, 0.15) is 5.75 Å². The molecular formula is C19H20F3N3O2. The summed E-state index contributed by atoms with van der Waals surface area (Å²) in [6.45, 7) is 0.614. The first-order valence-corrected chi connectivity index (χ1v) is 8.62. The van der Waals surface area contributed by atoms with Gasteiger partial charge in [-0.25, -0.2) is 5.43 Å². The maximum Gasteiger partial charge on any atom is 0.416 e. The fourth-order valence-corrected chi connectivity index (χ4v) is 2.75. The van der Waals surface area contributed by atoms with Gasteiger partial charge in [-0.2, -0.15) is 13.2 Å². The van der Waals surface area contributed by atoms with Crippen LogP contribution in [0.3, 0.4) is 0 Å². The molecule has 1 fully saturated rings. The molecular weight excluding hydrogens is 359 g/mol. The Bertz CT molecular complexity index is 778. The van der Waals surface area contributed by atoms with Crippen molar-refractivity contribution in [2.24, 2.45) is 0 Å². The Kier molecular flexibility index (Phi) is 5.55. The number of carbonyl (C=O) groups is 1. The molecule has 1 aromatic rings. The molecule has 2 heterocycles. The normalized spacial score (nSPS) is 18.6. The number of phenolic OH excluding ortho intramolecular Hbond substituents is 1. The third-order valence-corrected chi connectivity index (χ3v) is 4.50. The maximum atomic E-state index is 12.0. The molecule has 2 aliphatic heterocycles. The summed E-state index contributed by atoms with van der Waals surface area (Å²) in [7, 11) is 0. The van der Waals surface area contributed by atoms with E-state index >= 15 is 0 Å². The van der Waals surface area contributed by atoms with Crippen LogP contribution < -0.4 is 10.7 Å². The Morgan fingerprint density at radius 3 is 2.48 bits per heavy atom. The number of amides is 1. The third-order valence-electron chi connectivity index (χ3n) is 4.50. The van der Waals surface area contributed by atoms with Gasteiger partial charge in [-0.3, -0.25) is 9.80 Å². The molecule has 5 nitrogen and oxygen atoms in total. The quantitative estimate of drug-likeness (QED) is 0.738. The van der Waals surface area contributed by atoms with Gasteiger partial charge in [0.25, 0.3) is 5.91 Å². The van der Waals surface area contributed by atoms with Crippen molar-refractivity contribution in [3.63, 3.8) is 0 Å². The molecule has 0 bridgehead atoms. The van der Waals surface area contributed by atoms with E-state index in [1.807, 2.05) is 29.4 Å². The number of fused-ring (bicyclic) bond motifs is 1. The van der Waals surface area contributed by atoms with Crippen molar-refractivity contribution in [3.8, 4) is 5.75 Å². The van der Waals surface area contributed by atoms with Gasteiger partial charge < -0.3 is 10.4 Å². The van der Waals surface area contributed by atoms with E-state index < -0.39 is 11.7 Å². The second-order valence-electron chi connectivity index (χ2n) is 6.42. The Morgan fingerprint density at radius 2 is 1.89 bits per heavy atom. The van der Waals surface area contributed by atoms with E-state index in [2.05, 4.69) is 10.7 Å². The highest BCUT2D eigenvalue weighted by Gasteiger charge is 2.30. The molecule has 4 rings (SSSR count). The first-order chi connectivity index (χ1) is 12.8. The maximum absolute atomic E-state index is 12.0. The van der Waals surface area contributed by atoms with Crippen molar-refractivity contribution in [1.29, 1.82) is 0 Å². The number of hydrogen-bond acceptors (Lipinski definition) is 4. The highest BCUT2D eigenvalue weighted by molar-refractivity contribution is 5.95. The van der Waals surface area contributed by atoms with Crippen molar-refractivity contribution >= 4 is 5.91 Å². The first kappa shape index (κ1) is 19.0. The van der Waals surface area contributed by atoms with E-state index in [0.29, 0.717) is 12.6 Å². The zero-order chi connectivity index (χ0) is 19.4. The standard InChI is InChI=1S/C12H15N3O.C7H5F3O/c16-12(14-9-4-3-5-9)10-8-13-15-7-2-1-6-11(10)15;8-7(9,10)5-1-3-6(11)4-2-5/h1-2,6-7,9,13H,3-5,8H2,(H,14,16);1-4,11H. The van der Waals surface area contributed by atoms with Crippen LogP contribution in [-0.4, -0.2) is 28.6 Å². The topological polar surface area (TPSA) is 64.6 Å². The summed E-state index contributed by atoms with van der Waals surface area (Å²) in [4.78, 5) is 12.0. The van der Waals surface area contributed by atoms with Gasteiger partial charge in [0.2, 0.25) is 0 Å². The van der Waals surface area contributed by atoms with Crippen LogP contribution in [0.2, 0.25) is 0 Å². The van der Waals surface area contributed by atoms with Crippen LogP contribution >= 0.6 is 0 Å². The van der Waals surface area contributed by atoms with Gasteiger partial charge in [0, 0.05) is 18.8 Å². The number of rotatable bonds is 2. The lowest BCUT2D eigenvalue weighted by molar-refractivity contribution is -0.137. The lowest BCUT2D eigenvalue weighted by Crippen LogP contribution is -2.40. The average molecular weight is 379 g/mol. The number of benzene rings is 1. The lowest BCUT2D eigenvalue weighted by atomic mass is 9.93. The lowest BCUT2D eigenvalue weighted by Gasteiger charge is -2.26. The third kappa shape index (κ3) is 4.71. The van der Waals surface area contributed by atoms with Crippen LogP contribution in [0.1, 0.15) is 24.8 Å². The number of carbonyl (C=O) groups excluding carboxylic acids is 1. The molecule has 3 N–H and O–H groups in total. The van der Waals surface area contributed by atoms with Crippen LogP contribution in [0, 0.1) is 0 Å². The van der Waals surface area contributed by atoms with Crippen molar-refractivity contribution in [2.45, 2.75) is 31.5 Å². The number of nitrogens with zero attached hydrogens (tertiary/aromatic N) is 1. The van der Waals surface area contributed by atoms with Crippen molar-refractivity contribution in [3.05, 3.63) is 65.5 Å². The molecule has 0 aromatic heterocycles. The predicted octanol–water partition coefficient (Wildman–Crippen LogP) is 3.22. The highest BCUT2D eigenvalue weighted by Crippen LogP contribution is 2.29. The van der Waals surface area contributed by atoms with Gasteiger partial charge in [-0.1, -0.05) is 6.08 Å². The average Bonchev–Trinajstić information content (AvgIpc) is 3.02. The minimum atomic E-state index is -4.33. The van der Waals surface area contributed by atoms with Crippen LogP contribution in [0.25, 0.3) is 0 Å². The molecule has 0 radical (unpaired) electrons. The summed E-state index contributed by atoms with van der Waals surface area (Å²) < 4.78 is 35.5. The summed E-state index contributed by atoms with van der Waals surface area (Å²) in [5.74, 6) is -0.0901. The number of nitrogens with one attached hydrogen (secondary N) is 2. The summed E-state index contributed by atoms with van der Waals surface area (Å²) in [6.07, 6.45) is 6.97. The minimum Gasteiger partial charge on any atom is -0.508 e. The van der Waals surface area contributed by atoms with E-state index in [1.54, 1.807) is 0 Å². The van der Waals surface area contributed by atoms with E-state index in [-0.39, 0.29) is 11.7 Å². The molecule has 0 saturated heterocycles. The largest absolute Gasteiger partial charge is 0.508 e. The second kappa shape index (κ2) is 7.87. The Labute approximate surface area is 154 Å². The van der Waals surface area contributed by atoms with E-state index in [0.717, 1.165) is 48.4 Å². The first-order valence-electron chi connectivity index (χ1n) is 8.62. The molecule has 8 heteroatoms. The van der Waals surface area contributed by atoms with Crippen molar-refractivity contribution < 1.29 is 23.1 Å². The van der Waals surface area contributed by atoms with Gasteiger partial charge >= 0.3 is 6.18 Å². The van der Waals surface area contributed by atoms with Gasteiger partial charge in [0.05, 0.1) is 16.8 Å². The molecule has 1 amide bonds. The molecule has 1 saturated carbocycles. The molecule has 1 aliphatic carbocycles. The van der Waals surface area contributed by atoms with Crippen molar-refractivity contribution in [1.82, 2.24) is 15.8 Å². The molecule has 144 valence electrons. The van der Waals surface area contributed by atoms with Crippen LogP contribution in [0.15, 0.2) is 60.0 Å². The predicted molar refractivity (Wildman–Crippen MR) is 94.0 cm³/mol. The fraction of sp³-hybridized carbons (Fsp3) is 0.316. The number of hydrogen-bond donors (Lipinski definition) is 3. The Balaban J connectivity index is 0.000000168. The van der Waals surface area contributed by atoms with Crippen molar-refractivity contribution in [2.75, 3.05) is 6.54 Å². The summed E-state index contributed by atoms with van der Waals surface area (Å²) >= 11 is 0. The summed E-state index contributed by atoms with van der Waals surface area (Å²) in [5, 5.41) is 13.6. The molecule has 27 heavy (non-hydrogen) atoms. The van der Waals surface area contributed by atoms with Crippen LogP contribution in [0.5, 0.6) is 5.75 Å². The monoisotopic (exact) mass is 379 g/mol. The van der Waals surface area contributed by atoms with Gasteiger partial charge in [-0.05, 0) is 55.7 Å². The Hall–Kier alpha value is -2.74. The number of alkyl halides is 3. The summed E-state index contributed by atoms with van der Waals surface area (Å²) in [5.41, 5.74) is 4.22. The van der Waals surface area contributed by atoms with Crippen LogP contribution in [0.4, 0.5) is 13.2 Å². The zero-order valence-electron chi connectivity index (χ0n) is 14.5. The van der Waals surface area contributed by atoms with E-state index in [1.165, 1.54) is 6.42 Å². The SMILES string of the molecule is O=C(NC1CCC1)C1=C2C=CC=CN2NC1.Oc1ccc(C(F)(F)F)cc1. The molecule has 0 unspecified atom stereocenters. The minimum absolute atomic E-state index is 0.0784. The number of halogens is 3. The molecule has 0 spiro atoms. The smallest absolute Gasteiger partial charge is 0.416 e. The number of phenols is 1. The number of hydrazine groups is 1. The highest BCUT2D eigenvalue weighted by atomic mass is 19.4. The summed E-state index contributed by atoms with van der Waals surface area (Å²) in [6, 6.07) is 4.06. The molecule has 0 atom stereocenters. The number of aromatic hydroxyl groups is 1. The molecule has 1 aromatic carbocycles. The number of allylic oxidation sites excluding steroid dienone is 3. The van der Waals surface area contributed by atoms with Gasteiger partial charge in [0.15, 0.2) is 0 Å².